The van der Waals surface area contributed by atoms with Gasteiger partial charge in [0, 0.05) is 5.92 Å². The van der Waals surface area contributed by atoms with Crippen LogP contribution >= 0.6 is 0 Å². The predicted octanol–water partition coefficient (Wildman–Crippen LogP) is 2.48. The molecule has 0 saturated heterocycles. The van der Waals surface area contributed by atoms with Gasteiger partial charge >= 0.3 is 0 Å². The van der Waals surface area contributed by atoms with Crippen LogP contribution in [-0.2, 0) is 4.79 Å². The summed E-state index contributed by atoms with van der Waals surface area (Å²) in [5.74, 6) is 0.237. The third-order valence-corrected chi connectivity index (χ3v) is 3.20. The predicted molar refractivity (Wildman–Crippen MR) is 61.1 cm³/mol. The molecule has 0 aromatic heterocycles. The molecule has 0 aliphatic carbocycles. The van der Waals surface area contributed by atoms with Crippen molar-refractivity contribution < 1.29 is 4.79 Å². The van der Waals surface area contributed by atoms with E-state index < -0.39 is 5.54 Å². The number of carbonyl (C=O) groups is 1. The summed E-state index contributed by atoms with van der Waals surface area (Å²) in [5.41, 5.74) is -0.680. The van der Waals surface area contributed by atoms with Gasteiger partial charge in [-0.1, -0.05) is 34.6 Å². The molecule has 3 heteroatoms. The molecule has 1 unspecified atom stereocenters. The Bertz CT molecular complexity index is 249. The third-order valence-electron chi connectivity index (χ3n) is 3.20. The summed E-state index contributed by atoms with van der Waals surface area (Å²) >= 11 is 0. The van der Waals surface area contributed by atoms with Crippen LogP contribution in [0.25, 0.3) is 0 Å². The van der Waals surface area contributed by atoms with Gasteiger partial charge < -0.3 is 5.32 Å². The van der Waals surface area contributed by atoms with Crippen LogP contribution in [0.5, 0.6) is 0 Å². The van der Waals surface area contributed by atoms with Crippen molar-refractivity contribution in [2.24, 2.45) is 11.8 Å². The zero-order valence-corrected chi connectivity index (χ0v) is 10.4. The first-order chi connectivity index (χ1) is 6.92. The van der Waals surface area contributed by atoms with Crippen LogP contribution in [0.15, 0.2) is 0 Å². The van der Waals surface area contributed by atoms with Gasteiger partial charge in [0.15, 0.2) is 0 Å². The minimum atomic E-state index is -0.680. The van der Waals surface area contributed by atoms with E-state index in [1.165, 1.54) is 0 Å². The van der Waals surface area contributed by atoms with Gasteiger partial charge in [-0.05, 0) is 18.8 Å². The minimum absolute atomic E-state index is 0.0183. The zero-order chi connectivity index (χ0) is 12.1. The average Bonchev–Trinajstić information content (AvgIpc) is 2.24. The van der Waals surface area contributed by atoms with Gasteiger partial charge in [-0.2, -0.15) is 5.26 Å². The topological polar surface area (TPSA) is 52.9 Å². The lowest BCUT2D eigenvalue weighted by Gasteiger charge is -2.27. The maximum absolute atomic E-state index is 11.8. The molecule has 0 rings (SSSR count). The van der Waals surface area contributed by atoms with E-state index in [0.29, 0.717) is 18.8 Å². The number of nitriles is 1. The van der Waals surface area contributed by atoms with Crippen molar-refractivity contribution in [2.45, 2.75) is 53.0 Å². The molecule has 3 nitrogen and oxygen atoms in total. The smallest absolute Gasteiger partial charge is 0.224 e. The summed E-state index contributed by atoms with van der Waals surface area (Å²) in [7, 11) is 0. The molecular weight excluding hydrogens is 188 g/mol. The molecule has 0 saturated carbocycles. The van der Waals surface area contributed by atoms with Gasteiger partial charge in [-0.3, -0.25) is 4.79 Å². The first-order valence-electron chi connectivity index (χ1n) is 5.65. The van der Waals surface area contributed by atoms with Crippen molar-refractivity contribution in [3.63, 3.8) is 0 Å². The quantitative estimate of drug-likeness (QED) is 0.758. The van der Waals surface area contributed by atoms with E-state index in [-0.39, 0.29) is 11.8 Å². The second-order valence-corrected chi connectivity index (χ2v) is 4.42. The molecule has 0 fully saturated rings. The number of nitrogens with zero attached hydrogens (tertiary/aromatic N) is 1. The first-order valence-corrected chi connectivity index (χ1v) is 5.65. The highest BCUT2D eigenvalue weighted by molar-refractivity contribution is 5.79. The Labute approximate surface area is 92.9 Å². The Morgan fingerprint density at radius 2 is 1.80 bits per heavy atom. The molecule has 0 aromatic carbocycles. The molecule has 86 valence electrons. The molecular formula is C12H22N2O. The lowest BCUT2D eigenvalue weighted by atomic mass is 9.91. The highest BCUT2D eigenvalue weighted by Gasteiger charge is 2.30. The number of hydrogen-bond acceptors (Lipinski definition) is 2. The molecule has 0 aliphatic heterocycles. The summed E-state index contributed by atoms with van der Waals surface area (Å²) in [4.78, 5) is 11.8. The van der Waals surface area contributed by atoms with Crippen molar-refractivity contribution >= 4 is 5.91 Å². The van der Waals surface area contributed by atoms with Crippen molar-refractivity contribution in [2.75, 3.05) is 0 Å². The lowest BCUT2D eigenvalue weighted by molar-refractivity contribution is -0.127. The van der Waals surface area contributed by atoms with Crippen LogP contribution in [0.3, 0.4) is 0 Å². The van der Waals surface area contributed by atoms with E-state index in [4.69, 9.17) is 5.26 Å². The SMILES string of the molecule is CCC(C#N)(CC)NC(=O)C(C)C(C)C. The maximum Gasteiger partial charge on any atom is 0.224 e. The average molecular weight is 210 g/mol. The molecule has 0 aliphatic rings. The molecule has 1 atom stereocenters. The number of amides is 1. The number of rotatable bonds is 5. The van der Waals surface area contributed by atoms with Crippen molar-refractivity contribution in [1.29, 1.82) is 5.26 Å². The monoisotopic (exact) mass is 210 g/mol. The van der Waals surface area contributed by atoms with Crippen LogP contribution in [0, 0.1) is 23.2 Å². The Balaban J connectivity index is 4.57. The molecule has 0 bridgehead atoms. The van der Waals surface area contributed by atoms with E-state index in [2.05, 4.69) is 11.4 Å². The molecule has 1 amide bonds. The minimum Gasteiger partial charge on any atom is -0.338 e. The fourth-order valence-electron chi connectivity index (χ4n) is 1.27. The first kappa shape index (κ1) is 14.0. The third kappa shape index (κ3) is 3.54. The Morgan fingerprint density at radius 3 is 2.07 bits per heavy atom. The molecule has 0 heterocycles. The molecule has 15 heavy (non-hydrogen) atoms. The van der Waals surface area contributed by atoms with E-state index in [0.717, 1.165) is 0 Å². The Kier molecular flexibility index (Phi) is 5.35. The summed E-state index contributed by atoms with van der Waals surface area (Å²) in [5, 5.41) is 11.9. The number of nitrogens with one attached hydrogen (secondary N) is 1. The fourth-order valence-corrected chi connectivity index (χ4v) is 1.27. The summed E-state index contributed by atoms with van der Waals surface area (Å²) in [6, 6.07) is 2.21. The summed E-state index contributed by atoms with van der Waals surface area (Å²) in [6.45, 7) is 9.76. The van der Waals surface area contributed by atoms with Gasteiger partial charge in [0.25, 0.3) is 0 Å². The van der Waals surface area contributed by atoms with Crippen LogP contribution in [0.2, 0.25) is 0 Å². The van der Waals surface area contributed by atoms with Gasteiger partial charge in [0.05, 0.1) is 6.07 Å². The molecule has 0 aromatic rings. The van der Waals surface area contributed by atoms with Crippen LogP contribution in [0.4, 0.5) is 0 Å². The van der Waals surface area contributed by atoms with Gasteiger partial charge in [-0.25, -0.2) is 0 Å². The second kappa shape index (κ2) is 5.75. The second-order valence-electron chi connectivity index (χ2n) is 4.42. The van der Waals surface area contributed by atoms with E-state index >= 15 is 0 Å². The van der Waals surface area contributed by atoms with Gasteiger partial charge in [0.1, 0.15) is 5.54 Å². The van der Waals surface area contributed by atoms with E-state index in [1.54, 1.807) is 0 Å². The standard InChI is InChI=1S/C12H22N2O/c1-6-12(7-2,8-13)14-11(15)10(5)9(3)4/h9-10H,6-7H2,1-5H3,(H,14,15). The van der Waals surface area contributed by atoms with Crippen LogP contribution in [-0.4, -0.2) is 11.4 Å². The van der Waals surface area contributed by atoms with Crippen LogP contribution in [0.1, 0.15) is 47.5 Å². The normalized spacial score (nSPS) is 13.4. The zero-order valence-electron chi connectivity index (χ0n) is 10.4. The molecule has 0 radical (unpaired) electrons. The highest BCUT2D eigenvalue weighted by Crippen LogP contribution is 2.17. The fraction of sp³-hybridized carbons (Fsp3) is 0.833. The summed E-state index contributed by atoms with van der Waals surface area (Å²) in [6.07, 6.45) is 1.30. The van der Waals surface area contributed by atoms with E-state index in [1.807, 2.05) is 34.6 Å². The largest absolute Gasteiger partial charge is 0.338 e. The summed E-state index contributed by atoms with van der Waals surface area (Å²) < 4.78 is 0. The van der Waals surface area contributed by atoms with Gasteiger partial charge in [-0.15, -0.1) is 0 Å². The van der Waals surface area contributed by atoms with Crippen molar-refractivity contribution in [3.8, 4) is 6.07 Å². The molecule has 1 N–H and O–H groups in total. The Hall–Kier alpha value is -1.04. The van der Waals surface area contributed by atoms with Gasteiger partial charge in [0.2, 0.25) is 5.91 Å². The van der Waals surface area contributed by atoms with Crippen molar-refractivity contribution in [3.05, 3.63) is 0 Å². The highest BCUT2D eigenvalue weighted by atomic mass is 16.2. The van der Waals surface area contributed by atoms with Crippen molar-refractivity contribution in [1.82, 2.24) is 5.32 Å². The lowest BCUT2D eigenvalue weighted by Crippen LogP contribution is -2.49. The maximum atomic E-state index is 11.8. The Morgan fingerprint density at radius 1 is 1.33 bits per heavy atom. The molecule has 0 spiro atoms. The number of carbonyl (C=O) groups excluding carboxylic acids is 1. The number of hydrogen-bond donors (Lipinski definition) is 1. The van der Waals surface area contributed by atoms with E-state index in [9.17, 15) is 4.79 Å². The van der Waals surface area contributed by atoms with Crippen LogP contribution < -0.4 is 5.32 Å².